The number of rotatable bonds is 8. The number of nitrogens with one attached hydrogen (secondary N) is 2. The first-order valence-corrected chi connectivity index (χ1v) is 7.88. The standard InChI is InChI=1S/C15H24N2OS/c1-4-10-17-12(3)13-6-8-14(9-7-13)19-11-15(18)16-5-2/h6-9,12,17H,4-5,10-11H2,1-3H3,(H,16,18). The molecule has 2 N–H and O–H groups in total. The van der Waals surface area contributed by atoms with E-state index in [0.717, 1.165) is 17.9 Å². The summed E-state index contributed by atoms with van der Waals surface area (Å²) in [6.07, 6.45) is 1.14. The zero-order chi connectivity index (χ0) is 14.1. The molecule has 19 heavy (non-hydrogen) atoms. The lowest BCUT2D eigenvalue weighted by atomic mass is 10.1. The molecule has 0 aliphatic carbocycles. The van der Waals surface area contributed by atoms with Crippen LogP contribution in [0.2, 0.25) is 0 Å². The highest BCUT2D eigenvalue weighted by Crippen LogP contribution is 2.20. The minimum Gasteiger partial charge on any atom is -0.356 e. The number of thioether (sulfide) groups is 1. The Kier molecular flexibility index (Phi) is 7.60. The van der Waals surface area contributed by atoms with Crippen molar-refractivity contribution in [3.63, 3.8) is 0 Å². The van der Waals surface area contributed by atoms with Crippen molar-refractivity contribution in [2.24, 2.45) is 0 Å². The Morgan fingerprint density at radius 1 is 1.26 bits per heavy atom. The van der Waals surface area contributed by atoms with Gasteiger partial charge in [0, 0.05) is 17.5 Å². The van der Waals surface area contributed by atoms with Gasteiger partial charge in [-0.25, -0.2) is 0 Å². The van der Waals surface area contributed by atoms with Gasteiger partial charge in [-0.2, -0.15) is 0 Å². The van der Waals surface area contributed by atoms with Crippen molar-refractivity contribution in [2.75, 3.05) is 18.8 Å². The monoisotopic (exact) mass is 280 g/mol. The lowest BCUT2D eigenvalue weighted by Crippen LogP contribution is -2.24. The topological polar surface area (TPSA) is 41.1 Å². The van der Waals surface area contributed by atoms with Gasteiger partial charge in [0.1, 0.15) is 0 Å². The predicted octanol–water partition coefficient (Wildman–Crippen LogP) is 2.98. The molecule has 0 fully saturated rings. The second-order valence-electron chi connectivity index (χ2n) is 4.49. The van der Waals surface area contributed by atoms with E-state index in [1.807, 2.05) is 6.92 Å². The average molecular weight is 280 g/mol. The van der Waals surface area contributed by atoms with E-state index in [4.69, 9.17) is 0 Å². The third-order valence-electron chi connectivity index (χ3n) is 2.82. The number of hydrogen-bond donors (Lipinski definition) is 2. The van der Waals surface area contributed by atoms with E-state index in [0.29, 0.717) is 18.3 Å². The molecule has 1 atom stereocenters. The minimum atomic E-state index is 0.0922. The number of benzene rings is 1. The van der Waals surface area contributed by atoms with E-state index in [9.17, 15) is 4.79 Å². The second kappa shape index (κ2) is 8.99. The molecular weight excluding hydrogens is 256 g/mol. The van der Waals surface area contributed by atoms with Crippen LogP contribution in [0.1, 0.15) is 38.8 Å². The van der Waals surface area contributed by atoms with Crippen molar-refractivity contribution in [1.29, 1.82) is 0 Å². The Bertz CT molecular complexity index is 378. The van der Waals surface area contributed by atoms with Gasteiger partial charge in [-0.3, -0.25) is 4.79 Å². The van der Waals surface area contributed by atoms with Gasteiger partial charge in [-0.05, 0) is 44.5 Å². The molecule has 0 aliphatic heterocycles. The Labute approximate surface area is 120 Å². The molecule has 0 heterocycles. The van der Waals surface area contributed by atoms with Crippen molar-refractivity contribution in [3.8, 4) is 0 Å². The second-order valence-corrected chi connectivity index (χ2v) is 5.54. The van der Waals surface area contributed by atoms with Gasteiger partial charge >= 0.3 is 0 Å². The molecule has 1 aromatic carbocycles. The Morgan fingerprint density at radius 3 is 2.53 bits per heavy atom. The summed E-state index contributed by atoms with van der Waals surface area (Å²) in [7, 11) is 0. The van der Waals surface area contributed by atoms with Crippen molar-refractivity contribution in [3.05, 3.63) is 29.8 Å². The molecule has 1 rings (SSSR count). The molecule has 4 heteroatoms. The molecule has 1 aromatic rings. The molecule has 1 amide bonds. The fourth-order valence-electron chi connectivity index (χ4n) is 1.73. The van der Waals surface area contributed by atoms with E-state index in [1.165, 1.54) is 5.56 Å². The van der Waals surface area contributed by atoms with Gasteiger partial charge in [0.25, 0.3) is 0 Å². The fraction of sp³-hybridized carbons (Fsp3) is 0.533. The van der Waals surface area contributed by atoms with Gasteiger partial charge in [0.15, 0.2) is 0 Å². The van der Waals surface area contributed by atoms with Gasteiger partial charge in [-0.1, -0.05) is 19.1 Å². The van der Waals surface area contributed by atoms with Gasteiger partial charge in [0.05, 0.1) is 5.75 Å². The largest absolute Gasteiger partial charge is 0.356 e. The first-order valence-electron chi connectivity index (χ1n) is 6.90. The highest BCUT2D eigenvalue weighted by molar-refractivity contribution is 8.00. The number of carbonyl (C=O) groups is 1. The van der Waals surface area contributed by atoms with E-state index >= 15 is 0 Å². The Balaban J connectivity index is 2.45. The maximum atomic E-state index is 11.4. The first kappa shape index (κ1) is 16.1. The number of hydrogen-bond acceptors (Lipinski definition) is 3. The van der Waals surface area contributed by atoms with Gasteiger partial charge in [-0.15, -0.1) is 11.8 Å². The zero-order valence-electron chi connectivity index (χ0n) is 12.0. The number of amides is 1. The molecule has 0 saturated carbocycles. The highest BCUT2D eigenvalue weighted by atomic mass is 32.2. The van der Waals surface area contributed by atoms with E-state index < -0.39 is 0 Å². The molecule has 0 aliphatic rings. The lowest BCUT2D eigenvalue weighted by molar-refractivity contribution is -0.118. The maximum Gasteiger partial charge on any atom is 0.230 e. The smallest absolute Gasteiger partial charge is 0.230 e. The third kappa shape index (κ3) is 6.12. The Hall–Kier alpha value is -1.00. The summed E-state index contributed by atoms with van der Waals surface area (Å²) in [4.78, 5) is 12.5. The molecule has 0 aromatic heterocycles. The van der Waals surface area contributed by atoms with Crippen LogP contribution in [0, 0.1) is 0 Å². The van der Waals surface area contributed by atoms with Crippen LogP contribution in [-0.4, -0.2) is 24.7 Å². The number of carbonyl (C=O) groups excluding carboxylic acids is 1. The normalized spacial score (nSPS) is 12.2. The first-order chi connectivity index (χ1) is 9.17. The summed E-state index contributed by atoms with van der Waals surface area (Å²) < 4.78 is 0. The summed E-state index contributed by atoms with van der Waals surface area (Å²) >= 11 is 1.57. The lowest BCUT2D eigenvalue weighted by Gasteiger charge is -2.13. The molecule has 106 valence electrons. The van der Waals surface area contributed by atoms with Gasteiger partial charge < -0.3 is 10.6 Å². The van der Waals surface area contributed by atoms with Crippen LogP contribution in [0.15, 0.2) is 29.2 Å². The molecular formula is C15H24N2OS. The van der Waals surface area contributed by atoms with E-state index in [1.54, 1.807) is 11.8 Å². The summed E-state index contributed by atoms with van der Waals surface area (Å²) in [5, 5.41) is 6.26. The summed E-state index contributed by atoms with van der Waals surface area (Å²) in [5.41, 5.74) is 1.29. The summed E-state index contributed by atoms with van der Waals surface area (Å²) in [6.45, 7) is 8.00. The minimum absolute atomic E-state index is 0.0922. The third-order valence-corrected chi connectivity index (χ3v) is 3.84. The van der Waals surface area contributed by atoms with Crippen LogP contribution >= 0.6 is 11.8 Å². The quantitative estimate of drug-likeness (QED) is 0.719. The van der Waals surface area contributed by atoms with Crippen LogP contribution < -0.4 is 10.6 Å². The van der Waals surface area contributed by atoms with Crippen LogP contribution in [0.4, 0.5) is 0 Å². The predicted molar refractivity (Wildman–Crippen MR) is 82.6 cm³/mol. The Morgan fingerprint density at radius 2 is 1.95 bits per heavy atom. The summed E-state index contributed by atoms with van der Waals surface area (Å²) in [6, 6.07) is 8.82. The molecule has 0 radical (unpaired) electrons. The van der Waals surface area contributed by atoms with E-state index in [-0.39, 0.29) is 5.91 Å². The molecule has 3 nitrogen and oxygen atoms in total. The molecule has 0 saturated heterocycles. The maximum absolute atomic E-state index is 11.4. The highest BCUT2D eigenvalue weighted by Gasteiger charge is 2.05. The van der Waals surface area contributed by atoms with Crippen LogP contribution in [0.3, 0.4) is 0 Å². The fourth-order valence-corrected chi connectivity index (χ4v) is 2.46. The van der Waals surface area contributed by atoms with Crippen molar-refractivity contribution in [1.82, 2.24) is 10.6 Å². The van der Waals surface area contributed by atoms with Crippen LogP contribution in [0.25, 0.3) is 0 Å². The van der Waals surface area contributed by atoms with Crippen molar-refractivity contribution >= 4 is 17.7 Å². The average Bonchev–Trinajstić information content (AvgIpc) is 2.43. The zero-order valence-corrected chi connectivity index (χ0v) is 12.8. The summed E-state index contributed by atoms with van der Waals surface area (Å²) in [5.74, 6) is 0.575. The van der Waals surface area contributed by atoms with Crippen molar-refractivity contribution in [2.45, 2.75) is 38.1 Å². The van der Waals surface area contributed by atoms with Crippen LogP contribution in [0.5, 0.6) is 0 Å². The molecule has 0 spiro atoms. The molecule has 0 bridgehead atoms. The van der Waals surface area contributed by atoms with Crippen molar-refractivity contribution < 1.29 is 4.79 Å². The van der Waals surface area contributed by atoms with E-state index in [2.05, 4.69) is 48.7 Å². The molecule has 1 unspecified atom stereocenters. The SMILES string of the molecule is CCCNC(C)c1ccc(SCC(=O)NCC)cc1. The van der Waals surface area contributed by atoms with Crippen LogP contribution in [-0.2, 0) is 4.79 Å². The van der Waals surface area contributed by atoms with Gasteiger partial charge in [0.2, 0.25) is 5.91 Å².